The Bertz CT molecular complexity index is 544. The molecule has 6 nitrogen and oxygen atoms in total. The van der Waals surface area contributed by atoms with Crippen molar-refractivity contribution in [3.8, 4) is 5.75 Å². The zero-order chi connectivity index (χ0) is 17.4. The third-order valence-corrected chi connectivity index (χ3v) is 4.09. The number of methoxy groups -OCH3 is 1. The Kier molecular flexibility index (Phi) is 7.06. The van der Waals surface area contributed by atoms with E-state index in [2.05, 4.69) is 5.32 Å². The van der Waals surface area contributed by atoms with E-state index in [1.165, 1.54) is 0 Å². The van der Waals surface area contributed by atoms with Crippen molar-refractivity contribution in [1.82, 2.24) is 10.2 Å². The molecular formula is C18H26N2O4. The SMILES string of the molecule is CCOCCCNC(=O)[C@H]1CC(=O)N(Cc2ccc(OC)cc2)C1. The van der Waals surface area contributed by atoms with Gasteiger partial charge in [-0.1, -0.05) is 12.1 Å². The highest BCUT2D eigenvalue weighted by molar-refractivity contribution is 5.89. The van der Waals surface area contributed by atoms with Crippen LogP contribution in [0.15, 0.2) is 24.3 Å². The first-order chi connectivity index (χ1) is 11.6. The fraction of sp³-hybridized carbons (Fsp3) is 0.556. The van der Waals surface area contributed by atoms with Gasteiger partial charge in [-0.15, -0.1) is 0 Å². The molecule has 1 aromatic rings. The predicted molar refractivity (Wildman–Crippen MR) is 90.6 cm³/mol. The summed E-state index contributed by atoms with van der Waals surface area (Å²) in [6.45, 7) is 4.86. The average molecular weight is 334 g/mol. The van der Waals surface area contributed by atoms with Crippen LogP contribution in [0.4, 0.5) is 0 Å². The Balaban J connectivity index is 1.78. The van der Waals surface area contributed by atoms with Crippen molar-refractivity contribution in [3.05, 3.63) is 29.8 Å². The minimum atomic E-state index is -0.261. The maximum Gasteiger partial charge on any atom is 0.225 e. The minimum absolute atomic E-state index is 0.0280. The van der Waals surface area contributed by atoms with Crippen LogP contribution < -0.4 is 10.1 Å². The van der Waals surface area contributed by atoms with Gasteiger partial charge < -0.3 is 19.7 Å². The summed E-state index contributed by atoms with van der Waals surface area (Å²) >= 11 is 0. The Morgan fingerprint density at radius 2 is 2.08 bits per heavy atom. The first kappa shape index (κ1) is 18.3. The summed E-state index contributed by atoms with van der Waals surface area (Å²) in [7, 11) is 1.62. The van der Waals surface area contributed by atoms with Gasteiger partial charge in [0.05, 0.1) is 13.0 Å². The molecule has 2 amide bonds. The van der Waals surface area contributed by atoms with Gasteiger partial charge in [-0.2, -0.15) is 0 Å². The summed E-state index contributed by atoms with van der Waals surface area (Å²) in [6, 6.07) is 7.62. The van der Waals surface area contributed by atoms with Crippen LogP contribution in [0.5, 0.6) is 5.75 Å². The fourth-order valence-electron chi connectivity index (χ4n) is 2.73. The molecule has 1 N–H and O–H groups in total. The van der Waals surface area contributed by atoms with Gasteiger partial charge in [0.25, 0.3) is 0 Å². The molecule has 0 unspecified atom stereocenters. The molecule has 0 spiro atoms. The van der Waals surface area contributed by atoms with Crippen molar-refractivity contribution < 1.29 is 19.1 Å². The second-order valence-corrected chi connectivity index (χ2v) is 5.86. The van der Waals surface area contributed by atoms with Gasteiger partial charge in [0.2, 0.25) is 11.8 Å². The van der Waals surface area contributed by atoms with E-state index in [4.69, 9.17) is 9.47 Å². The standard InChI is InChI=1S/C18H26N2O4/c1-3-24-10-4-9-19-18(22)15-11-17(21)20(13-15)12-14-5-7-16(23-2)8-6-14/h5-8,15H,3-4,9-13H2,1-2H3,(H,19,22)/t15-/m0/s1. The lowest BCUT2D eigenvalue weighted by molar-refractivity contribution is -0.129. The molecule has 1 atom stereocenters. The number of nitrogens with one attached hydrogen (secondary N) is 1. The molecule has 0 radical (unpaired) electrons. The van der Waals surface area contributed by atoms with Crippen LogP contribution in [0.1, 0.15) is 25.3 Å². The lowest BCUT2D eigenvalue weighted by atomic mass is 10.1. The first-order valence-electron chi connectivity index (χ1n) is 8.40. The van der Waals surface area contributed by atoms with Gasteiger partial charge in [-0.25, -0.2) is 0 Å². The molecule has 1 aromatic carbocycles. The number of carbonyl (C=O) groups is 2. The van der Waals surface area contributed by atoms with E-state index in [9.17, 15) is 9.59 Å². The van der Waals surface area contributed by atoms with Crippen molar-refractivity contribution >= 4 is 11.8 Å². The monoisotopic (exact) mass is 334 g/mol. The smallest absolute Gasteiger partial charge is 0.225 e. The Morgan fingerprint density at radius 3 is 2.75 bits per heavy atom. The third kappa shape index (κ3) is 5.23. The normalized spacial score (nSPS) is 17.2. The van der Waals surface area contributed by atoms with Crippen molar-refractivity contribution in [1.29, 1.82) is 0 Å². The molecule has 24 heavy (non-hydrogen) atoms. The summed E-state index contributed by atoms with van der Waals surface area (Å²) in [6.07, 6.45) is 1.07. The summed E-state index contributed by atoms with van der Waals surface area (Å²) in [5.74, 6) is 0.510. The van der Waals surface area contributed by atoms with E-state index in [0.29, 0.717) is 32.8 Å². The molecule has 0 aromatic heterocycles. The van der Waals surface area contributed by atoms with Gasteiger partial charge >= 0.3 is 0 Å². The molecule has 2 rings (SSSR count). The first-order valence-corrected chi connectivity index (χ1v) is 8.40. The maximum atomic E-state index is 12.2. The number of rotatable bonds is 9. The van der Waals surface area contributed by atoms with Gasteiger partial charge in [0.1, 0.15) is 5.75 Å². The van der Waals surface area contributed by atoms with Crippen LogP contribution in [0, 0.1) is 5.92 Å². The Labute approximate surface area is 143 Å². The number of ether oxygens (including phenoxy) is 2. The molecule has 0 bridgehead atoms. The van der Waals surface area contributed by atoms with E-state index in [1.54, 1.807) is 12.0 Å². The third-order valence-electron chi connectivity index (χ3n) is 4.09. The maximum absolute atomic E-state index is 12.2. The number of hydrogen-bond acceptors (Lipinski definition) is 4. The van der Waals surface area contributed by atoms with Gasteiger partial charge in [0, 0.05) is 39.3 Å². The number of amides is 2. The van der Waals surface area contributed by atoms with Gasteiger partial charge in [-0.05, 0) is 31.0 Å². The van der Waals surface area contributed by atoms with E-state index in [-0.39, 0.29) is 24.2 Å². The molecule has 132 valence electrons. The number of likely N-dealkylation sites (tertiary alicyclic amines) is 1. The number of benzene rings is 1. The highest BCUT2D eigenvalue weighted by atomic mass is 16.5. The Hall–Kier alpha value is -2.08. The van der Waals surface area contributed by atoms with E-state index >= 15 is 0 Å². The van der Waals surface area contributed by atoms with E-state index in [0.717, 1.165) is 17.7 Å². The number of carbonyl (C=O) groups excluding carboxylic acids is 2. The summed E-state index contributed by atoms with van der Waals surface area (Å²) in [5, 5.41) is 2.89. The van der Waals surface area contributed by atoms with Crippen molar-refractivity contribution in [2.45, 2.75) is 26.3 Å². The second kappa shape index (κ2) is 9.27. The number of nitrogens with zero attached hydrogens (tertiary/aromatic N) is 1. The van der Waals surface area contributed by atoms with Crippen LogP contribution >= 0.6 is 0 Å². The lowest BCUT2D eigenvalue weighted by Gasteiger charge is -2.17. The number of hydrogen-bond donors (Lipinski definition) is 1. The molecule has 1 saturated heterocycles. The molecule has 6 heteroatoms. The highest BCUT2D eigenvalue weighted by Gasteiger charge is 2.33. The summed E-state index contributed by atoms with van der Waals surface area (Å²) in [4.78, 5) is 26.0. The van der Waals surface area contributed by atoms with Gasteiger partial charge in [0.15, 0.2) is 0 Å². The van der Waals surface area contributed by atoms with E-state index in [1.807, 2.05) is 31.2 Å². The zero-order valence-corrected chi connectivity index (χ0v) is 14.4. The molecule has 0 aliphatic carbocycles. The van der Waals surface area contributed by atoms with Crippen molar-refractivity contribution in [2.24, 2.45) is 5.92 Å². The summed E-state index contributed by atoms with van der Waals surface area (Å²) in [5.41, 5.74) is 1.03. The van der Waals surface area contributed by atoms with Crippen molar-refractivity contribution in [2.75, 3.05) is 33.4 Å². The highest BCUT2D eigenvalue weighted by Crippen LogP contribution is 2.21. The molecule has 1 fully saturated rings. The topological polar surface area (TPSA) is 67.9 Å². The van der Waals surface area contributed by atoms with Crippen LogP contribution in [0.3, 0.4) is 0 Å². The zero-order valence-electron chi connectivity index (χ0n) is 14.4. The van der Waals surface area contributed by atoms with E-state index < -0.39 is 0 Å². The molecular weight excluding hydrogens is 308 g/mol. The minimum Gasteiger partial charge on any atom is -0.497 e. The van der Waals surface area contributed by atoms with Crippen LogP contribution in [0.2, 0.25) is 0 Å². The quantitative estimate of drug-likeness (QED) is 0.696. The molecule has 1 aliphatic rings. The Morgan fingerprint density at radius 1 is 1.33 bits per heavy atom. The predicted octanol–water partition coefficient (Wildman–Crippen LogP) is 1.59. The molecule has 1 aliphatic heterocycles. The molecule has 1 heterocycles. The van der Waals surface area contributed by atoms with Gasteiger partial charge in [-0.3, -0.25) is 9.59 Å². The lowest BCUT2D eigenvalue weighted by Crippen LogP contribution is -2.33. The van der Waals surface area contributed by atoms with Crippen LogP contribution in [0.25, 0.3) is 0 Å². The largest absolute Gasteiger partial charge is 0.497 e. The average Bonchev–Trinajstić information content (AvgIpc) is 2.96. The summed E-state index contributed by atoms with van der Waals surface area (Å²) < 4.78 is 10.4. The van der Waals surface area contributed by atoms with Crippen LogP contribution in [-0.2, 0) is 20.9 Å². The fourth-order valence-corrected chi connectivity index (χ4v) is 2.73. The van der Waals surface area contributed by atoms with Crippen molar-refractivity contribution in [3.63, 3.8) is 0 Å². The van der Waals surface area contributed by atoms with Crippen LogP contribution in [-0.4, -0.2) is 50.1 Å². The molecule has 0 saturated carbocycles. The second-order valence-electron chi connectivity index (χ2n) is 5.86.